The summed E-state index contributed by atoms with van der Waals surface area (Å²) in [5.74, 6) is -1.89. The van der Waals surface area contributed by atoms with Crippen LogP contribution in [0.5, 0.6) is 0 Å². The van der Waals surface area contributed by atoms with Gasteiger partial charge >= 0.3 is 0 Å². The molecule has 4 rings (SSSR count). The second-order valence-corrected chi connectivity index (χ2v) is 8.11. The van der Waals surface area contributed by atoms with Gasteiger partial charge in [0, 0.05) is 39.5 Å². The molecule has 3 aromatic rings. The van der Waals surface area contributed by atoms with Crippen molar-refractivity contribution in [3.63, 3.8) is 0 Å². The zero-order chi connectivity index (χ0) is 22.8. The molecule has 8 heteroatoms. The van der Waals surface area contributed by atoms with Gasteiger partial charge in [0.2, 0.25) is 0 Å². The van der Waals surface area contributed by atoms with Gasteiger partial charge in [-0.05, 0) is 48.1 Å². The topological polar surface area (TPSA) is 60.5 Å². The van der Waals surface area contributed by atoms with Crippen molar-refractivity contribution in [3.05, 3.63) is 70.7 Å². The number of fused-ring (bicyclic) bond motifs is 1. The minimum Gasteiger partial charge on any atom is -0.383 e. The van der Waals surface area contributed by atoms with Gasteiger partial charge in [-0.2, -0.15) is 0 Å². The molecule has 1 aromatic heterocycles. The summed E-state index contributed by atoms with van der Waals surface area (Å²) in [5.41, 5.74) is 7.34. The minimum atomic E-state index is -0.642. The standard InChI is InChI=1S/C24H26F3N3O2/c1-32-11-10-30-14-18(22-20(26)4-5-21(27)23(22)30)24(31)29-8-6-16(7-9-29)17-12-15(13-28)2-3-19(17)25/h2-5,12,14,16H,6-11,13,28H2,1H3. The maximum atomic E-state index is 14.7. The van der Waals surface area contributed by atoms with E-state index in [2.05, 4.69) is 0 Å². The normalized spacial score (nSPS) is 15.0. The zero-order valence-electron chi connectivity index (χ0n) is 17.9. The summed E-state index contributed by atoms with van der Waals surface area (Å²) >= 11 is 0. The molecule has 0 aliphatic carbocycles. The van der Waals surface area contributed by atoms with Crippen LogP contribution in [0.4, 0.5) is 13.2 Å². The number of hydrogen-bond donors (Lipinski definition) is 1. The molecule has 1 amide bonds. The van der Waals surface area contributed by atoms with E-state index in [9.17, 15) is 18.0 Å². The summed E-state index contributed by atoms with van der Waals surface area (Å²) in [5, 5.41) is -0.0186. The van der Waals surface area contributed by atoms with E-state index in [0.717, 1.165) is 17.7 Å². The lowest BCUT2D eigenvalue weighted by atomic mass is 9.88. The number of carbonyl (C=O) groups is 1. The van der Waals surface area contributed by atoms with Gasteiger partial charge in [0.1, 0.15) is 17.5 Å². The van der Waals surface area contributed by atoms with Crippen LogP contribution in [0, 0.1) is 17.5 Å². The van der Waals surface area contributed by atoms with Crippen molar-refractivity contribution in [2.45, 2.75) is 31.8 Å². The second-order valence-electron chi connectivity index (χ2n) is 8.11. The third-order valence-corrected chi connectivity index (χ3v) is 6.20. The SMILES string of the molecule is COCCn1cc(C(=O)N2CCC(c3cc(CN)ccc3F)CC2)c2c(F)ccc(F)c21. The maximum absolute atomic E-state index is 14.7. The van der Waals surface area contributed by atoms with Crippen molar-refractivity contribution in [3.8, 4) is 0 Å². The number of benzene rings is 2. The predicted molar refractivity (Wildman–Crippen MR) is 116 cm³/mol. The van der Waals surface area contributed by atoms with Gasteiger partial charge in [0.05, 0.1) is 23.1 Å². The van der Waals surface area contributed by atoms with Gasteiger partial charge in [0.25, 0.3) is 5.91 Å². The highest BCUT2D eigenvalue weighted by atomic mass is 19.1. The molecule has 0 radical (unpaired) electrons. The first kappa shape index (κ1) is 22.4. The average molecular weight is 445 g/mol. The van der Waals surface area contributed by atoms with Crippen LogP contribution in [-0.2, 0) is 17.8 Å². The number of hydrogen-bond acceptors (Lipinski definition) is 3. The van der Waals surface area contributed by atoms with Crippen molar-refractivity contribution in [1.82, 2.24) is 9.47 Å². The van der Waals surface area contributed by atoms with Crippen LogP contribution in [0.1, 0.15) is 40.2 Å². The van der Waals surface area contributed by atoms with Crippen LogP contribution in [0.3, 0.4) is 0 Å². The van der Waals surface area contributed by atoms with Gasteiger partial charge in [-0.1, -0.05) is 12.1 Å². The molecule has 5 nitrogen and oxygen atoms in total. The highest BCUT2D eigenvalue weighted by Gasteiger charge is 2.29. The Bertz CT molecular complexity index is 1140. The molecule has 2 N–H and O–H groups in total. The summed E-state index contributed by atoms with van der Waals surface area (Å²) in [6.07, 6.45) is 2.65. The fourth-order valence-electron chi connectivity index (χ4n) is 4.49. The van der Waals surface area contributed by atoms with Gasteiger partial charge in [0.15, 0.2) is 0 Å². The first-order valence-corrected chi connectivity index (χ1v) is 10.7. The van der Waals surface area contributed by atoms with Crippen molar-refractivity contribution in [1.29, 1.82) is 0 Å². The first-order valence-electron chi connectivity index (χ1n) is 10.7. The lowest BCUT2D eigenvalue weighted by molar-refractivity contribution is 0.0713. The molecule has 1 aliphatic rings. The van der Waals surface area contributed by atoms with E-state index in [1.165, 1.54) is 23.9 Å². The van der Waals surface area contributed by atoms with E-state index in [1.807, 2.05) is 0 Å². The molecular weight excluding hydrogens is 419 g/mol. The number of ether oxygens (including phenoxy) is 1. The second kappa shape index (κ2) is 9.34. The molecule has 170 valence electrons. The van der Waals surface area contributed by atoms with Crippen LogP contribution in [-0.4, -0.2) is 42.2 Å². The number of rotatable bonds is 6. The smallest absolute Gasteiger partial charge is 0.256 e. The molecule has 0 saturated carbocycles. The van der Waals surface area contributed by atoms with Gasteiger partial charge in [-0.15, -0.1) is 0 Å². The van der Waals surface area contributed by atoms with Gasteiger partial charge in [-0.25, -0.2) is 13.2 Å². The maximum Gasteiger partial charge on any atom is 0.256 e. The molecule has 32 heavy (non-hydrogen) atoms. The Hall–Kier alpha value is -2.84. The summed E-state index contributed by atoms with van der Waals surface area (Å²) in [6, 6.07) is 6.99. The summed E-state index contributed by atoms with van der Waals surface area (Å²) < 4.78 is 50.1. The molecule has 0 spiro atoms. The fourth-order valence-corrected chi connectivity index (χ4v) is 4.49. The number of nitrogens with two attached hydrogens (primary N) is 1. The Morgan fingerprint density at radius 1 is 1.09 bits per heavy atom. The fraction of sp³-hybridized carbons (Fsp3) is 0.375. The quantitative estimate of drug-likeness (QED) is 0.619. The Morgan fingerprint density at radius 2 is 1.78 bits per heavy atom. The third kappa shape index (κ3) is 4.12. The zero-order valence-corrected chi connectivity index (χ0v) is 17.9. The molecule has 1 fully saturated rings. The Kier molecular flexibility index (Phi) is 6.53. The van der Waals surface area contributed by atoms with E-state index in [4.69, 9.17) is 10.5 Å². The van der Waals surface area contributed by atoms with Crippen LogP contribution >= 0.6 is 0 Å². The van der Waals surface area contributed by atoms with Gasteiger partial charge in [-0.3, -0.25) is 4.79 Å². The largest absolute Gasteiger partial charge is 0.383 e. The van der Waals surface area contributed by atoms with E-state index >= 15 is 0 Å². The molecular formula is C24H26F3N3O2. The van der Waals surface area contributed by atoms with Crippen LogP contribution in [0.25, 0.3) is 10.9 Å². The Morgan fingerprint density at radius 3 is 2.47 bits per heavy atom. The molecule has 2 aromatic carbocycles. The number of likely N-dealkylation sites (tertiary alicyclic amines) is 1. The van der Waals surface area contributed by atoms with Crippen LogP contribution < -0.4 is 5.73 Å². The number of amides is 1. The van der Waals surface area contributed by atoms with Gasteiger partial charge < -0.3 is 19.9 Å². The van der Waals surface area contributed by atoms with Crippen LogP contribution in [0.2, 0.25) is 0 Å². The van der Waals surface area contributed by atoms with Crippen molar-refractivity contribution in [2.24, 2.45) is 5.73 Å². The van der Waals surface area contributed by atoms with E-state index in [0.29, 0.717) is 51.2 Å². The molecule has 1 aliphatic heterocycles. The summed E-state index contributed by atoms with van der Waals surface area (Å²) in [6.45, 7) is 1.72. The van der Waals surface area contributed by atoms with Crippen molar-refractivity contribution < 1.29 is 22.7 Å². The highest BCUT2D eigenvalue weighted by molar-refractivity contribution is 6.07. The van der Waals surface area contributed by atoms with Crippen molar-refractivity contribution in [2.75, 3.05) is 26.8 Å². The molecule has 0 unspecified atom stereocenters. The number of nitrogens with zero attached hydrogens (tertiary/aromatic N) is 2. The minimum absolute atomic E-state index is 0.0186. The molecule has 1 saturated heterocycles. The number of halogens is 3. The molecule has 2 heterocycles. The van der Waals surface area contributed by atoms with E-state index in [1.54, 1.807) is 17.0 Å². The molecule has 0 bridgehead atoms. The van der Waals surface area contributed by atoms with Crippen molar-refractivity contribution >= 4 is 16.8 Å². The lowest BCUT2D eigenvalue weighted by Gasteiger charge is -2.32. The monoisotopic (exact) mass is 445 g/mol. The Labute approximate surface area is 184 Å². The Balaban J connectivity index is 1.58. The number of aromatic nitrogens is 1. The van der Waals surface area contributed by atoms with E-state index < -0.39 is 11.6 Å². The first-order chi connectivity index (χ1) is 15.4. The number of piperidine rings is 1. The highest BCUT2D eigenvalue weighted by Crippen LogP contribution is 2.33. The molecule has 0 atom stereocenters. The average Bonchev–Trinajstić information content (AvgIpc) is 3.21. The number of methoxy groups -OCH3 is 1. The van der Waals surface area contributed by atoms with E-state index in [-0.39, 0.29) is 34.1 Å². The number of carbonyl (C=O) groups excluding carboxylic acids is 1. The van der Waals surface area contributed by atoms with Crippen LogP contribution in [0.15, 0.2) is 36.5 Å². The lowest BCUT2D eigenvalue weighted by Crippen LogP contribution is -2.38. The summed E-state index contributed by atoms with van der Waals surface area (Å²) in [7, 11) is 1.52. The summed E-state index contributed by atoms with van der Waals surface area (Å²) in [4.78, 5) is 14.9. The predicted octanol–water partition coefficient (Wildman–Crippen LogP) is 4.18. The third-order valence-electron chi connectivity index (χ3n) is 6.20.